The van der Waals surface area contributed by atoms with Crippen LogP contribution in [0.15, 0.2) is 36.5 Å². The van der Waals surface area contributed by atoms with E-state index >= 15 is 0 Å². The Labute approximate surface area is 122 Å². The van der Waals surface area contributed by atoms with Gasteiger partial charge in [0.1, 0.15) is 5.65 Å². The van der Waals surface area contributed by atoms with Gasteiger partial charge in [0.15, 0.2) is 11.3 Å². The number of pyridine rings is 1. The molecule has 1 aromatic carbocycles. The van der Waals surface area contributed by atoms with E-state index in [2.05, 4.69) is 15.0 Å². The Hall–Kier alpha value is -2.70. The number of benzene rings is 1. The SMILES string of the molecule is Cc1ccn2c(c1)nc1nc3ccc(C(F)(F)F)cc3nc12. The number of alkyl halides is 3. The van der Waals surface area contributed by atoms with Gasteiger partial charge in [0, 0.05) is 6.20 Å². The maximum absolute atomic E-state index is 12.8. The first kappa shape index (κ1) is 13.0. The standard InChI is InChI=1S/C15H9F3N4/c1-8-4-5-22-12(6-8)21-13-14(22)20-11-7-9(15(16,17)18)2-3-10(11)19-13/h2-7H,1H3. The highest BCUT2D eigenvalue weighted by Gasteiger charge is 2.30. The second-order valence-corrected chi connectivity index (χ2v) is 5.12. The third-order valence-corrected chi connectivity index (χ3v) is 3.49. The van der Waals surface area contributed by atoms with Crippen molar-refractivity contribution in [2.24, 2.45) is 0 Å². The average molecular weight is 302 g/mol. The van der Waals surface area contributed by atoms with E-state index < -0.39 is 11.7 Å². The summed E-state index contributed by atoms with van der Waals surface area (Å²) in [6.07, 6.45) is -2.62. The fraction of sp³-hybridized carbons (Fsp3) is 0.133. The zero-order valence-corrected chi connectivity index (χ0v) is 11.4. The minimum absolute atomic E-state index is 0.199. The Morgan fingerprint density at radius 3 is 2.55 bits per heavy atom. The first-order valence-electron chi connectivity index (χ1n) is 6.55. The summed E-state index contributed by atoms with van der Waals surface area (Å²) in [7, 11) is 0. The lowest BCUT2D eigenvalue weighted by Crippen LogP contribution is -2.04. The highest BCUT2D eigenvalue weighted by atomic mass is 19.4. The molecule has 0 fully saturated rings. The summed E-state index contributed by atoms with van der Waals surface area (Å²) in [5.74, 6) is 0. The maximum Gasteiger partial charge on any atom is 0.416 e. The van der Waals surface area contributed by atoms with Crippen LogP contribution in [0.25, 0.3) is 28.0 Å². The van der Waals surface area contributed by atoms with E-state index in [9.17, 15) is 13.2 Å². The maximum atomic E-state index is 12.8. The number of nitrogens with zero attached hydrogens (tertiary/aromatic N) is 4. The van der Waals surface area contributed by atoms with Crippen LogP contribution in [0.5, 0.6) is 0 Å². The molecule has 0 aliphatic carbocycles. The van der Waals surface area contributed by atoms with Gasteiger partial charge in [0.2, 0.25) is 0 Å². The first-order chi connectivity index (χ1) is 10.4. The zero-order valence-electron chi connectivity index (χ0n) is 11.4. The van der Waals surface area contributed by atoms with Crippen LogP contribution in [-0.4, -0.2) is 19.4 Å². The number of fused-ring (bicyclic) bond motifs is 4. The third-order valence-electron chi connectivity index (χ3n) is 3.49. The van der Waals surface area contributed by atoms with E-state index in [0.717, 1.165) is 17.7 Å². The van der Waals surface area contributed by atoms with Gasteiger partial charge in [0.05, 0.1) is 16.6 Å². The zero-order chi connectivity index (χ0) is 15.5. The van der Waals surface area contributed by atoms with Crippen LogP contribution in [0.2, 0.25) is 0 Å². The topological polar surface area (TPSA) is 43.1 Å². The van der Waals surface area contributed by atoms with E-state index in [-0.39, 0.29) is 5.52 Å². The summed E-state index contributed by atoms with van der Waals surface area (Å²) in [5.41, 5.74) is 2.41. The monoisotopic (exact) mass is 302 g/mol. The number of hydrogen-bond donors (Lipinski definition) is 0. The van der Waals surface area contributed by atoms with Gasteiger partial charge in [-0.15, -0.1) is 0 Å². The minimum Gasteiger partial charge on any atom is -0.283 e. The van der Waals surface area contributed by atoms with Crippen molar-refractivity contribution < 1.29 is 13.2 Å². The number of imidazole rings is 1. The van der Waals surface area contributed by atoms with Crippen LogP contribution in [0.3, 0.4) is 0 Å². The molecule has 0 radical (unpaired) electrons. The molecule has 0 aliphatic heterocycles. The van der Waals surface area contributed by atoms with Gasteiger partial charge in [-0.1, -0.05) is 0 Å². The van der Waals surface area contributed by atoms with Crippen molar-refractivity contribution in [3.8, 4) is 0 Å². The largest absolute Gasteiger partial charge is 0.416 e. The summed E-state index contributed by atoms with van der Waals surface area (Å²) in [6.45, 7) is 1.94. The van der Waals surface area contributed by atoms with Crippen molar-refractivity contribution in [2.45, 2.75) is 13.1 Å². The van der Waals surface area contributed by atoms with E-state index in [1.54, 1.807) is 10.6 Å². The summed E-state index contributed by atoms with van der Waals surface area (Å²) in [6, 6.07) is 7.08. The number of aryl methyl sites for hydroxylation is 1. The molecule has 110 valence electrons. The Morgan fingerprint density at radius 1 is 0.955 bits per heavy atom. The smallest absolute Gasteiger partial charge is 0.283 e. The predicted molar refractivity (Wildman–Crippen MR) is 75.5 cm³/mol. The van der Waals surface area contributed by atoms with Crippen LogP contribution in [0, 0.1) is 6.92 Å². The molecule has 3 heterocycles. The molecule has 4 rings (SSSR count). The summed E-state index contributed by atoms with van der Waals surface area (Å²) in [5, 5.41) is 0. The van der Waals surface area contributed by atoms with Crippen molar-refractivity contribution in [3.63, 3.8) is 0 Å². The lowest BCUT2D eigenvalue weighted by Gasteiger charge is -2.06. The molecule has 0 amide bonds. The van der Waals surface area contributed by atoms with Crippen molar-refractivity contribution in [2.75, 3.05) is 0 Å². The molecule has 0 atom stereocenters. The van der Waals surface area contributed by atoms with Gasteiger partial charge in [0.25, 0.3) is 0 Å². The van der Waals surface area contributed by atoms with Gasteiger partial charge in [-0.3, -0.25) is 4.40 Å². The van der Waals surface area contributed by atoms with Crippen LogP contribution in [0.4, 0.5) is 13.2 Å². The fourth-order valence-electron chi connectivity index (χ4n) is 2.41. The Morgan fingerprint density at radius 2 is 1.77 bits per heavy atom. The molecule has 22 heavy (non-hydrogen) atoms. The fourth-order valence-corrected chi connectivity index (χ4v) is 2.41. The molecular formula is C15H9F3N4. The first-order valence-corrected chi connectivity index (χ1v) is 6.55. The van der Waals surface area contributed by atoms with Crippen LogP contribution in [0.1, 0.15) is 11.1 Å². The third kappa shape index (κ3) is 1.89. The van der Waals surface area contributed by atoms with Gasteiger partial charge in [-0.05, 0) is 42.8 Å². The highest BCUT2D eigenvalue weighted by Crippen LogP contribution is 2.31. The van der Waals surface area contributed by atoms with Crippen molar-refractivity contribution >= 4 is 28.0 Å². The average Bonchev–Trinajstić information content (AvgIpc) is 2.79. The second-order valence-electron chi connectivity index (χ2n) is 5.12. The lowest BCUT2D eigenvalue weighted by atomic mass is 10.2. The molecule has 0 saturated heterocycles. The van der Waals surface area contributed by atoms with Crippen LogP contribution in [-0.2, 0) is 6.18 Å². The molecule has 3 aromatic heterocycles. The van der Waals surface area contributed by atoms with Crippen molar-refractivity contribution in [1.29, 1.82) is 0 Å². The van der Waals surface area contributed by atoms with Gasteiger partial charge in [-0.2, -0.15) is 13.2 Å². The van der Waals surface area contributed by atoms with Crippen molar-refractivity contribution in [3.05, 3.63) is 47.7 Å². The molecular weight excluding hydrogens is 293 g/mol. The molecule has 0 saturated carbocycles. The molecule has 0 aliphatic rings. The number of hydrogen-bond acceptors (Lipinski definition) is 3. The van der Waals surface area contributed by atoms with Gasteiger partial charge >= 0.3 is 6.18 Å². The highest BCUT2D eigenvalue weighted by molar-refractivity contribution is 5.85. The molecule has 7 heteroatoms. The number of aromatic nitrogens is 4. The van der Waals surface area contributed by atoms with Gasteiger partial charge in [-0.25, -0.2) is 15.0 Å². The van der Waals surface area contributed by atoms with Crippen molar-refractivity contribution in [1.82, 2.24) is 19.4 Å². The lowest BCUT2D eigenvalue weighted by molar-refractivity contribution is -0.137. The Balaban J connectivity index is 2.07. The van der Waals surface area contributed by atoms with E-state index in [4.69, 9.17) is 0 Å². The number of rotatable bonds is 0. The summed E-state index contributed by atoms with van der Waals surface area (Å²) >= 11 is 0. The van der Waals surface area contributed by atoms with E-state index in [1.165, 1.54) is 6.07 Å². The molecule has 4 nitrogen and oxygen atoms in total. The molecule has 0 spiro atoms. The molecule has 4 aromatic rings. The summed E-state index contributed by atoms with van der Waals surface area (Å²) < 4.78 is 40.1. The molecule has 0 unspecified atom stereocenters. The predicted octanol–water partition coefficient (Wildman–Crippen LogP) is 3.76. The normalized spacial score (nSPS) is 12.5. The second kappa shape index (κ2) is 4.16. The van der Waals surface area contributed by atoms with E-state index in [1.807, 2.05) is 19.1 Å². The Bertz CT molecular complexity index is 1030. The molecule has 0 N–H and O–H groups in total. The van der Waals surface area contributed by atoms with Gasteiger partial charge < -0.3 is 0 Å². The number of halogens is 3. The van der Waals surface area contributed by atoms with Crippen LogP contribution < -0.4 is 0 Å². The Kier molecular flexibility index (Phi) is 2.46. The van der Waals surface area contributed by atoms with Crippen LogP contribution >= 0.6 is 0 Å². The minimum atomic E-state index is -4.40. The summed E-state index contributed by atoms with van der Waals surface area (Å²) in [4.78, 5) is 13.0. The molecule has 0 bridgehead atoms. The quantitative estimate of drug-likeness (QED) is 0.497. The van der Waals surface area contributed by atoms with E-state index in [0.29, 0.717) is 22.5 Å².